The molecule has 0 aromatic carbocycles. The minimum atomic E-state index is -0.193. The zero-order valence-electron chi connectivity index (χ0n) is 14.9. The molecule has 2 aromatic rings. The molecule has 0 bridgehead atoms. The first kappa shape index (κ1) is 18.1. The molecule has 140 valence electrons. The van der Waals surface area contributed by atoms with E-state index < -0.39 is 0 Å². The molecule has 1 atom stereocenters. The van der Waals surface area contributed by atoms with Crippen LogP contribution in [-0.2, 0) is 27.3 Å². The summed E-state index contributed by atoms with van der Waals surface area (Å²) in [6.45, 7) is 4.94. The van der Waals surface area contributed by atoms with Gasteiger partial charge in [-0.05, 0) is 26.7 Å². The maximum Gasteiger partial charge on any atom is 0.241 e. The Kier molecular flexibility index (Phi) is 5.67. The van der Waals surface area contributed by atoms with Crippen LogP contribution in [0.25, 0.3) is 0 Å². The third kappa shape index (κ3) is 4.69. The summed E-state index contributed by atoms with van der Waals surface area (Å²) in [4.78, 5) is 24.1. The molecule has 1 saturated heterocycles. The minimum absolute atomic E-state index is 0.0897. The fraction of sp³-hybridized carbons (Fsp3) is 0.529. The molecule has 1 aliphatic rings. The number of nitrogens with zero attached hydrogens (tertiary/aromatic N) is 3. The number of ether oxygens (including phenoxy) is 1. The van der Waals surface area contributed by atoms with Crippen LogP contribution in [0.3, 0.4) is 0 Å². The van der Waals surface area contributed by atoms with Gasteiger partial charge in [0.1, 0.15) is 12.3 Å². The molecule has 2 aromatic heterocycles. The van der Waals surface area contributed by atoms with Crippen molar-refractivity contribution in [3.05, 3.63) is 29.4 Å². The van der Waals surface area contributed by atoms with Gasteiger partial charge in [0, 0.05) is 24.9 Å². The van der Waals surface area contributed by atoms with Crippen molar-refractivity contribution in [2.45, 2.75) is 45.8 Å². The Balaban J connectivity index is 1.46. The zero-order valence-corrected chi connectivity index (χ0v) is 14.9. The highest BCUT2D eigenvalue weighted by molar-refractivity contribution is 5.92. The van der Waals surface area contributed by atoms with Gasteiger partial charge >= 0.3 is 0 Å². The predicted octanol–water partition coefficient (Wildman–Crippen LogP) is 0.964. The third-order valence-corrected chi connectivity index (χ3v) is 4.29. The van der Waals surface area contributed by atoms with E-state index in [0.717, 1.165) is 25.0 Å². The molecular weight excluding hydrogens is 338 g/mol. The minimum Gasteiger partial charge on any atom is -0.376 e. The van der Waals surface area contributed by atoms with Crippen molar-refractivity contribution >= 4 is 17.5 Å². The first-order valence-electron chi connectivity index (χ1n) is 8.63. The maximum absolute atomic E-state index is 12.2. The normalized spacial score (nSPS) is 16.6. The Morgan fingerprint density at radius 1 is 1.35 bits per heavy atom. The van der Waals surface area contributed by atoms with Gasteiger partial charge in [0.15, 0.2) is 0 Å². The van der Waals surface area contributed by atoms with Crippen LogP contribution in [0.2, 0.25) is 0 Å². The smallest absolute Gasteiger partial charge is 0.241 e. The number of amides is 2. The Morgan fingerprint density at radius 2 is 2.19 bits per heavy atom. The monoisotopic (exact) mass is 361 g/mol. The number of carbonyl (C=O) groups excluding carboxylic acids is 2. The largest absolute Gasteiger partial charge is 0.376 e. The van der Waals surface area contributed by atoms with Crippen LogP contribution in [0.5, 0.6) is 0 Å². The van der Waals surface area contributed by atoms with Gasteiger partial charge < -0.3 is 19.9 Å². The van der Waals surface area contributed by atoms with Gasteiger partial charge in [-0.25, -0.2) is 0 Å². The highest BCUT2D eigenvalue weighted by Gasteiger charge is 2.17. The molecule has 9 nitrogen and oxygen atoms in total. The third-order valence-electron chi connectivity index (χ3n) is 4.29. The quantitative estimate of drug-likeness (QED) is 0.760. The van der Waals surface area contributed by atoms with Crippen molar-refractivity contribution in [2.75, 3.05) is 18.5 Å². The summed E-state index contributed by atoms with van der Waals surface area (Å²) in [5.41, 5.74) is 2.02. The molecule has 1 unspecified atom stereocenters. The average molecular weight is 361 g/mol. The average Bonchev–Trinajstić information content (AvgIpc) is 3.32. The summed E-state index contributed by atoms with van der Waals surface area (Å²) >= 11 is 0. The van der Waals surface area contributed by atoms with Gasteiger partial charge in [-0.15, -0.1) is 0 Å². The van der Waals surface area contributed by atoms with Gasteiger partial charge in [-0.2, -0.15) is 5.10 Å². The Morgan fingerprint density at radius 3 is 2.88 bits per heavy atom. The van der Waals surface area contributed by atoms with Gasteiger partial charge in [0.05, 0.1) is 30.1 Å². The van der Waals surface area contributed by atoms with Crippen molar-refractivity contribution in [1.82, 2.24) is 20.3 Å². The van der Waals surface area contributed by atoms with Crippen molar-refractivity contribution in [3.63, 3.8) is 0 Å². The van der Waals surface area contributed by atoms with Gasteiger partial charge in [0.2, 0.25) is 11.8 Å². The van der Waals surface area contributed by atoms with Crippen LogP contribution < -0.4 is 10.6 Å². The SMILES string of the molecule is Cc1noc(C)c1CC(=O)Nc1cnn(CC(=O)NCC2CCCO2)c1. The number of nitrogens with one attached hydrogen (secondary N) is 2. The highest BCUT2D eigenvalue weighted by atomic mass is 16.5. The molecule has 2 amide bonds. The van der Waals surface area contributed by atoms with Crippen LogP contribution in [0.15, 0.2) is 16.9 Å². The van der Waals surface area contributed by atoms with Crippen molar-refractivity contribution in [2.24, 2.45) is 0 Å². The molecule has 2 N–H and O–H groups in total. The summed E-state index contributed by atoms with van der Waals surface area (Å²) in [6.07, 6.45) is 5.43. The summed E-state index contributed by atoms with van der Waals surface area (Å²) in [5, 5.41) is 13.5. The molecule has 1 fully saturated rings. The lowest BCUT2D eigenvalue weighted by atomic mass is 10.1. The van der Waals surface area contributed by atoms with E-state index in [1.807, 2.05) is 0 Å². The number of carbonyl (C=O) groups is 2. The molecule has 0 saturated carbocycles. The fourth-order valence-electron chi connectivity index (χ4n) is 2.87. The van der Waals surface area contributed by atoms with E-state index in [4.69, 9.17) is 9.26 Å². The lowest BCUT2D eigenvalue weighted by molar-refractivity contribution is -0.122. The number of aryl methyl sites for hydroxylation is 2. The van der Waals surface area contributed by atoms with E-state index in [0.29, 0.717) is 23.7 Å². The lowest BCUT2D eigenvalue weighted by Crippen LogP contribution is -2.34. The number of anilines is 1. The Hall–Kier alpha value is -2.68. The molecular formula is C17H23N5O4. The number of hydrogen-bond donors (Lipinski definition) is 2. The Bertz CT molecular complexity index is 756. The van der Waals surface area contributed by atoms with Crippen LogP contribution in [0, 0.1) is 13.8 Å². The second-order valence-electron chi connectivity index (χ2n) is 6.39. The number of rotatable bonds is 7. The number of aromatic nitrogens is 3. The number of hydrogen-bond acceptors (Lipinski definition) is 6. The van der Waals surface area contributed by atoms with Gasteiger partial charge in [-0.3, -0.25) is 14.3 Å². The summed E-state index contributed by atoms with van der Waals surface area (Å²) in [7, 11) is 0. The molecule has 9 heteroatoms. The van der Waals surface area contributed by atoms with Gasteiger partial charge in [0.25, 0.3) is 0 Å². The van der Waals surface area contributed by atoms with E-state index in [1.165, 1.54) is 10.9 Å². The van der Waals surface area contributed by atoms with E-state index in [2.05, 4.69) is 20.9 Å². The zero-order chi connectivity index (χ0) is 18.5. The predicted molar refractivity (Wildman–Crippen MR) is 92.5 cm³/mol. The highest BCUT2D eigenvalue weighted by Crippen LogP contribution is 2.14. The Labute approximate surface area is 151 Å². The van der Waals surface area contributed by atoms with Crippen molar-refractivity contribution in [1.29, 1.82) is 0 Å². The first-order chi connectivity index (χ1) is 12.5. The van der Waals surface area contributed by atoms with Crippen molar-refractivity contribution < 1.29 is 18.8 Å². The van der Waals surface area contributed by atoms with Crippen LogP contribution in [0.4, 0.5) is 5.69 Å². The molecule has 1 aliphatic heterocycles. The maximum atomic E-state index is 12.2. The van der Waals surface area contributed by atoms with Crippen molar-refractivity contribution in [3.8, 4) is 0 Å². The molecule has 26 heavy (non-hydrogen) atoms. The van der Waals surface area contributed by atoms with Gasteiger partial charge in [-0.1, -0.05) is 5.16 Å². The fourth-order valence-corrected chi connectivity index (χ4v) is 2.87. The van der Waals surface area contributed by atoms with Crippen LogP contribution in [0.1, 0.15) is 29.9 Å². The molecule has 0 spiro atoms. The first-order valence-corrected chi connectivity index (χ1v) is 8.63. The second-order valence-corrected chi connectivity index (χ2v) is 6.39. The van der Waals surface area contributed by atoms with Crippen LogP contribution in [-0.4, -0.2) is 46.0 Å². The van der Waals surface area contributed by atoms with E-state index in [1.54, 1.807) is 20.0 Å². The van der Waals surface area contributed by atoms with E-state index in [-0.39, 0.29) is 30.9 Å². The van der Waals surface area contributed by atoms with E-state index >= 15 is 0 Å². The molecule has 0 aliphatic carbocycles. The standard InChI is InChI=1S/C17H23N5O4/c1-11-15(12(2)26-21-11)6-16(23)20-13-7-19-22(9-13)10-17(24)18-8-14-4-3-5-25-14/h7,9,14H,3-6,8,10H2,1-2H3,(H,18,24)(H,20,23). The lowest BCUT2D eigenvalue weighted by Gasteiger charge is -2.10. The molecule has 0 radical (unpaired) electrons. The topological polar surface area (TPSA) is 111 Å². The van der Waals surface area contributed by atoms with E-state index in [9.17, 15) is 9.59 Å². The summed E-state index contributed by atoms with van der Waals surface area (Å²) in [5.74, 6) is 0.301. The molecule has 3 rings (SSSR count). The van der Waals surface area contributed by atoms with Crippen LogP contribution >= 0.6 is 0 Å². The second kappa shape index (κ2) is 8.13. The molecule has 3 heterocycles. The summed E-state index contributed by atoms with van der Waals surface area (Å²) < 4.78 is 12.0. The summed E-state index contributed by atoms with van der Waals surface area (Å²) in [6, 6.07) is 0.